The second kappa shape index (κ2) is 7.22. The largest absolute Gasteiger partial charge is 0.496 e. The van der Waals surface area contributed by atoms with Crippen LogP contribution in [0.15, 0.2) is 29.1 Å². The van der Waals surface area contributed by atoms with Gasteiger partial charge in [0.25, 0.3) is 5.56 Å². The van der Waals surface area contributed by atoms with Gasteiger partial charge in [0.1, 0.15) is 5.75 Å². The lowest BCUT2D eigenvalue weighted by molar-refractivity contribution is 0.412. The Balaban J connectivity index is 2.29. The number of aromatic nitrogens is 2. The molecule has 1 unspecified atom stereocenters. The first kappa shape index (κ1) is 16.2. The lowest BCUT2D eigenvalue weighted by Crippen LogP contribution is -2.28. The van der Waals surface area contributed by atoms with E-state index in [0.717, 1.165) is 29.0 Å². The maximum atomic E-state index is 11.9. The standard InChI is InChI=1S/C17H23N3O2/c1-5-12(3)18-10-14-9-15(19-20-17(14)21)13-6-7-16(22-4)11(2)8-13/h6-9,12,18H,5,10H2,1-4H3,(H,20,21). The SMILES string of the molecule is CCC(C)NCc1cc(-c2ccc(OC)c(C)c2)n[nH]c1=O. The molecule has 22 heavy (non-hydrogen) atoms. The molecule has 5 heteroatoms. The molecule has 0 spiro atoms. The fourth-order valence-corrected chi connectivity index (χ4v) is 2.19. The summed E-state index contributed by atoms with van der Waals surface area (Å²) < 4.78 is 5.27. The Morgan fingerprint density at radius 3 is 2.77 bits per heavy atom. The van der Waals surface area contributed by atoms with E-state index in [2.05, 4.69) is 29.4 Å². The van der Waals surface area contributed by atoms with E-state index in [1.807, 2.05) is 31.2 Å². The number of methoxy groups -OCH3 is 1. The first-order chi connectivity index (χ1) is 10.5. The fraction of sp³-hybridized carbons (Fsp3) is 0.412. The maximum absolute atomic E-state index is 11.9. The lowest BCUT2D eigenvalue weighted by atomic mass is 10.1. The van der Waals surface area contributed by atoms with Gasteiger partial charge in [0.2, 0.25) is 0 Å². The summed E-state index contributed by atoms with van der Waals surface area (Å²) in [6.45, 7) is 6.73. The number of hydrogen-bond donors (Lipinski definition) is 2. The molecule has 0 fully saturated rings. The van der Waals surface area contributed by atoms with Crippen molar-refractivity contribution < 1.29 is 4.74 Å². The van der Waals surface area contributed by atoms with Gasteiger partial charge >= 0.3 is 0 Å². The Kier molecular flexibility index (Phi) is 5.33. The van der Waals surface area contributed by atoms with Crippen LogP contribution in [0.2, 0.25) is 0 Å². The predicted octanol–water partition coefficient (Wildman–Crippen LogP) is 2.64. The zero-order valence-corrected chi connectivity index (χ0v) is 13.6. The summed E-state index contributed by atoms with van der Waals surface area (Å²) in [7, 11) is 1.65. The molecular formula is C17H23N3O2. The third kappa shape index (κ3) is 3.74. The second-order valence-corrected chi connectivity index (χ2v) is 5.48. The highest BCUT2D eigenvalue weighted by Crippen LogP contribution is 2.24. The molecule has 0 bridgehead atoms. The Hall–Kier alpha value is -2.14. The summed E-state index contributed by atoms with van der Waals surface area (Å²) in [5, 5.41) is 10.1. The molecule has 0 aliphatic heterocycles. The van der Waals surface area contributed by atoms with Gasteiger partial charge in [0.15, 0.2) is 0 Å². The number of nitrogens with one attached hydrogen (secondary N) is 2. The van der Waals surface area contributed by atoms with Crippen molar-refractivity contribution in [2.24, 2.45) is 0 Å². The molecule has 0 amide bonds. The topological polar surface area (TPSA) is 67.0 Å². The van der Waals surface area contributed by atoms with Crippen LogP contribution in [0.5, 0.6) is 5.75 Å². The number of rotatable bonds is 6. The summed E-state index contributed by atoms with van der Waals surface area (Å²) in [6.07, 6.45) is 1.02. The molecule has 5 nitrogen and oxygen atoms in total. The van der Waals surface area contributed by atoms with Gasteiger partial charge in [-0.15, -0.1) is 0 Å². The molecule has 1 aromatic heterocycles. The van der Waals surface area contributed by atoms with Crippen LogP contribution in [0.25, 0.3) is 11.3 Å². The van der Waals surface area contributed by atoms with Gasteiger partial charge in [0.05, 0.1) is 12.8 Å². The molecule has 0 aliphatic carbocycles. The van der Waals surface area contributed by atoms with E-state index < -0.39 is 0 Å². The van der Waals surface area contributed by atoms with Crippen molar-refractivity contribution in [1.29, 1.82) is 0 Å². The van der Waals surface area contributed by atoms with Gasteiger partial charge < -0.3 is 10.1 Å². The van der Waals surface area contributed by atoms with Gasteiger partial charge in [0, 0.05) is 23.7 Å². The van der Waals surface area contributed by atoms with Gasteiger partial charge in [-0.25, -0.2) is 5.10 Å². The average molecular weight is 301 g/mol. The summed E-state index contributed by atoms with van der Waals surface area (Å²) in [4.78, 5) is 11.9. The molecule has 118 valence electrons. The predicted molar refractivity (Wildman–Crippen MR) is 88.2 cm³/mol. The Morgan fingerprint density at radius 1 is 1.36 bits per heavy atom. The number of hydrogen-bond acceptors (Lipinski definition) is 4. The zero-order valence-electron chi connectivity index (χ0n) is 13.6. The summed E-state index contributed by atoms with van der Waals surface area (Å²) in [5.74, 6) is 0.840. The van der Waals surface area contributed by atoms with Crippen molar-refractivity contribution in [2.75, 3.05) is 7.11 Å². The smallest absolute Gasteiger partial charge is 0.268 e. The van der Waals surface area contributed by atoms with Gasteiger partial charge in [-0.3, -0.25) is 4.79 Å². The summed E-state index contributed by atoms with van der Waals surface area (Å²) in [5.41, 5.74) is 3.29. The molecule has 1 aromatic carbocycles. The van der Waals surface area contributed by atoms with Crippen LogP contribution in [0.4, 0.5) is 0 Å². The van der Waals surface area contributed by atoms with Gasteiger partial charge in [-0.05, 0) is 50.1 Å². The molecule has 1 atom stereocenters. The van der Waals surface area contributed by atoms with Crippen molar-refractivity contribution in [3.05, 3.63) is 45.7 Å². The highest BCUT2D eigenvalue weighted by molar-refractivity contribution is 5.62. The minimum atomic E-state index is -0.148. The van der Waals surface area contributed by atoms with E-state index in [0.29, 0.717) is 18.2 Å². The number of aryl methyl sites for hydroxylation is 1. The van der Waals surface area contributed by atoms with Crippen LogP contribution in [0.3, 0.4) is 0 Å². The second-order valence-electron chi connectivity index (χ2n) is 5.48. The van der Waals surface area contributed by atoms with Crippen molar-refractivity contribution in [2.45, 2.75) is 39.8 Å². The van der Waals surface area contributed by atoms with E-state index >= 15 is 0 Å². The van der Waals surface area contributed by atoms with Gasteiger partial charge in [-0.2, -0.15) is 5.10 Å². The Bertz CT molecular complexity index is 695. The summed E-state index contributed by atoms with van der Waals surface area (Å²) in [6, 6.07) is 8.08. The first-order valence-corrected chi connectivity index (χ1v) is 7.52. The van der Waals surface area contributed by atoms with Crippen molar-refractivity contribution in [3.63, 3.8) is 0 Å². The minimum absolute atomic E-state index is 0.148. The molecular weight excluding hydrogens is 278 g/mol. The third-order valence-electron chi connectivity index (χ3n) is 3.82. The Labute approximate surface area is 130 Å². The van der Waals surface area contributed by atoms with Crippen LogP contribution in [0, 0.1) is 6.92 Å². The molecule has 0 saturated carbocycles. The van der Waals surface area contributed by atoms with E-state index in [4.69, 9.17) is 4.74 Å². The van der Waals surface area contributed by atoms with Crippen LogP contribution in [-0.4, -0.2) is 23.3 Å². The molecule has 1 heterocycles. The monoisotopic (exact) mass is 301 g/mol. The maximum Gasteiger partial charge on any atom is 0.268 e. The molecule has 0 radical (unpaired) electrons. The number of ether oxygens (including phenoxy) is 1. The van der Waals surface area contributed by atoms with Crippen LogP contribution < -0.4 is 15.6 Å². The third-order valence-corrected chi connectivity index (χ3v) is 3.82. The Morgan fingerprint density at radius 2 is 2.14 bits per heavy atom. The number of H-pyrrole nitrogens is 1. The van der Waals surface area contributed by atoms with E-state index in [1.165, 1.54) is 0 Å². The van der Waals surface area contributed by atoms with Crippen LogP contribution >= 0.6 is 0 Å². The lowest BCUT2D eigenvalue weighted by Gasteiger charge is -2.11. The normalized spacial score (nSPS) is 12.2. The quantitative estimate of drug-likeness (QED) is 0.861. The van der Waals surface area contributed by atoms with Crippen LogP contribution in [-0.2, 0) is 6.54 Å². The molecule has 2 N–H and O–H groups in total. The molecule has 2 rings (SSSR count). The minimum Gasteiger partial charge on any atom is -0.496 e. The summed E-state index contributed by atoms with van der Waals surface area (Å²) >= 11 is 0. The van der Waals surface area contributed by atoms with E-state index in [9.17, 15) is 4.79 Å². The molecule has 0 aliphatic rings. The van der Waals surface area contributed by atoms with Gasteiger partial charge in [-0.1, -0.05) is 6.92 Å². The van der Waals surface area contributed by atoms with E-state index in [-0.39, 0.29) is 5.56 Å². The fourth-order valence-electron chi connectivity index (χ4n) is 2.19. The van der Waals surface area contributed by atoms with Crippen LogP contribution in [0.1, 0.15) is 31.4 Å². The average Bonchev–Trinajstić information content (AvgIpc) is 2.53. The van der Waals surface area contributed by atoms with Crippen molar-refractivity contribution in [3.8, 4) is 17.0 Å². The zero-order chi connectivity index (χ0) is 16.1. The number of nitrogens with zero attached hydrogens (tertiary/aromatic N) is 1. The highest BCUT2D eigenvalue weighted by Gasteiger charge is 2.08. The first-order valence-electron chi connectivity index (χ1n) is 7.52. The number of aromatic amines is 1. The molecule has 2 aromatic rings. The highest BCUT2D eigenvalue weighted by atomic mass is 16.5. The number of benzene rings is 1. The van der Waals surface area contributed by atoms with E-state index in [1.54, 1.807) is 7.11 Å². The molecule has 0 saturated heterocycles. The van der Waals surface area contributed by atoms with Crippen molar-refractivity contribution >= 4 is 0 Å². The van der Waals surface area contributed by atoms with Crippen molar-refractivity contribution in [1.82, 2.24) is 15.5 Å².